The van der Waals surface area contributed by atoms with Gasteiger partial charge in [0.2, 0.25) is 6.29 Å². The quantitative estimate of drug-likeness (QED) is 0.492. The van der Waals surface area contributed by atoms with E-state index in [4.69, 9.17) is 4.74 Å². The maximum Gasteiger partial charge on any atom is 0.316 e. The standard InChI is InChI=1S/C8H13O3S/c1-8(2,3)11-7(10)6-12-5-4-9/h5-6H2,1-3H3. The first-order valence-electron chi connectivity index (χ1n) is 3.60. The third kappa shape index (κ3) is 7.60. The van der Waals surface area contributed by atoms with E-state index < -0.39 is 5.60 Å². The second-order valence-electron chi connectivity index (χ2n) is 3.22. The molecule has 0 saturated heterocycles. The van der Waals surface area contributed by atoms with Crippen molar-refractivity contribution in [2.24, 2.45) is 0 Å². The number of rotatable bonds is 4. The van der Waals surface area contributed by atoms with Crippen LogP contribution in [-0.2, 0) is 14.3 Å². The van der Waals surface area contributed by atoms with Crippen molar-refractivity contribution in [2.75, 3.05) is 11.5 Å². The topological polar surface area (TPSA) is 43.4 Å². The number of thioether (sulfide) groups is 1. The third-order valence-electron chi connectivity index (χ3n) is 0.801. The number of carbonyl (C=O) groups is 1. The number of hydrogen-bond donors (Lipinski definition) is 0. The van der Waals surface area contributed by atoms with Crippen LogP contribution in [0.3, 0.4) is 0 Å². The van der Waals surface area contributed by atoms with Crippen molar-refractivity contribution in [3.8, 4) is 0 Å². The van der Waals surface area contributed by atoms with E-state index in [0.29, 0.717) is 0 Å². The molecule has 0 saturated carbocycles. The van der Waals surface area contributed by atoms with Gasteiger partial charge in [-0.25, -0.2) is 0 Å². The van der Waals surface area contributed by atoms with E-state index >= 15 is 0 Å². The van der Waals surface area contributed by atoms with Gasteiger partial charge in [0, 0.05) is 0 Å². The first-order valence-corrected chi connectivity index (χ1v) is 4.76. The van der Waals surface area contributed by atoms with Crippen LogP contribution in [0.15, 0.2) is 0 Å². The lowest BCUT2D eigenvalue weighted by Gasteiger charge is -2.18. The minimum absolute atomic E-state index is 0.215. The van der Waals surface area contributed by atoms with Gasteiger partial charge in [-0.3, -0.25) is 9.59 Å². The van der Waals surface area contributed by atoms with Crippen molar-refractivity contribution in [2.45, 2.75) is 26.4 Å². The predicted molar refractivity (Wildman–Crippen MR) is 48.9 cm³/mol. The van der Waals surface area contributed by atoms with E-state index in [0.717, 1.165) is 0 Å². The third-order valence-corrected chi connectivity index (χ3v) is 1.56. The van der Waals surface area contributed by atoms with Crippen molar-refractivity contribution in [3.63, 3.8) is 0 Å². The van der Waals surface area contributed by atoms with Crippen LogP contribution in [-0.4, -0.2) is 29.4 Å². The highest BCUT2D eigenvalue weighted by Gasteiger charge is 2.15. The first-order chi connectivity index (χ1) is 5.45. The van der Waals surface area contributed by atoms with Crippen LogP contribution in [0.1, 0.15) is 20.8 Å². The van der Waals surface area contributed by atoms with E-state index in [9.17, 15) is 9.59 Å². The van der Waals surface area contributed by atoms with Crippen LogP contribution in [0.4, 0.5) is 0 Å². The molecule has 0 aliphatic heterocycles. The Balaban J connectivity index is 3.53. The Kier molecular flexibility index (Phi) is 4.97. The molecule has 0 heterocycles. The average Bonchev–Trinajstić information content (AvgIpc) is 1.84. The second-order valence-corrected chi connectivity index (χ2v) is 4.21. The summed E-state index contributed by atoms with van der Waals surface area (Å²) in [5.41, 5.74) is -0.442. The normalized spacial score (nSPS) is 10.9. The second kappa shape index (κ2) is 5.19. The fourth-order valence-corrected chi connectivity index (χ4v) is 0.958. The lowest BCUT2D eigenvalue weighted by Crippen LogP contribution is -2.25. The molecule has 0 aromatic rings. The Morgan fingerprint density at radius 3 is 2.50 bits per heavy atom. The summed E-state index contributed by atoms with van der Waals surface area (Å²) in [6, 6.07) is 0. The molecular formula is C8H13O3S. The Labute approximate surface area is 76.9 Å². The van der Waals surface area contributed by atoms with E-state index in [1.54, 1.807) is 27.1 Å². The van der Waals surface area contributed by atoms with Gasteiger partial charge in [0.15, 0.2) is 0 Å². The average molecular weight is 189 g/mol. The molecule has 0 aromatic carbocycles. The van der Waals surface area contributed by atoms with Gasteiger partial charge in [-0.15, -0.1) is 11.8 Å². The van der Waals surface area contributed by atoms with Gasteiger partial charge in [-0.1, -0.05) is 0 Å². The fraction of sp³-hybridized carbons (Fsp3) is 0.750. The Morgan fingerprint density at radius 1 is 1.50 bits per heavy atom. The van der Waals surface area contributed by atoms with Crippen molar-refractivity contribution in [1.29, 1.82) is 0 Å². The molecule has 0 aromatic heterocycles. The molecule has 4 heteroatoms. The molecule has 69 valence electrons. The zero-order valence-electron chi connectivity index (χ0n) is 7.55. The van der Waals surface area contributed by atoms with Gasteiger partial charge in [0.05, 0.1) is 11.5 Å². The molecule has 0 unspecified atom stereocenters. The summed E-state index contributed by atoms with van der Waals surface area (Å²) in [4.78, 5) is 20.7. The predicted octanol–water partition coefficient (Wildman–Crippen LogP) is 1.17. The van der Waals surface area contributed by atoms with Crippen LogP contribution in [0.25, 0.3) is 0 Å². The number of ether oxygens (including phenoxy) is 1. The summed E-state index contributed by atoms with van der Waals surface area (Å²) >= 11 is 1.20. The van der Waals surface area contributed by atoms with Crippen molar-refractivity contribution in [3.05, 3.63) is 0 Å². The Bertz CT molecular complexity index is 160. The summed E-state index contributed by atoms with van der Waals surface area (Å²) < 4.78 is 4.99. The lowest BCUT2D eigenvalue weighted by atomic mass is 10.2. The Morgan fingerprint density at radius 2 is 2.08 bits per heavy atom. The van der Waals surface area contributed by atoms with Gasteiger partial charge in [-0.05, 0) is 20.8 Å². The van der Waals surface area contributed by atoms with E-state index in [2.05, 4.69) is 0 Å². The van der Waals surface area contributed by atoms with Gasteiger partial charge < -0.3 is 4.74 Å². The molecule has 1 radical (unpaired) electrons. The van der Waals surface area contributed by atoms with Crippen molar-refractivity contribution in [1.82, 2.24) is 0 Å². The highest BCUT2D eigenvalue weighted by atomic mass is 32.2. The summed E-state index contributed by atoms with van der Waals surface area (Å²) in [5.74, 6) is 0.147. The van der Waals surface area contributed by atoms with Gasteiger partial charge in [0.25, 0.3) is 0 Å². The molecule has 0 N–H and O–H groups in total. The molecule has 12 heavy (non-hydrogen) atoms. The van der Waals surface area contributed by atoms with Gasteiger partial charge >= 0.3 is 5.97 Å². The van der Waals surface area contributed by atoms with Crippen LogP contribution in [0.2, 0.25) is 0 Å². The molecule has 0 spiro atoms. The fourth-order valence-electron chi connectivity index (χ4n) is 0.547. The summed E-state index contributed by atoms with van der Waals surface area (Å²) in [7, 11) is 0. The summed E-state index contributed by atoms with van der Waals surface area (Å²) in [5, 5.41) is 0. The Hall–Kier alpha value is -0.510. The van der Waals surface area contributed by atoms with Crippen molar-refractivity contribution >= 4 is 24.0 Å². The van der Waals surface area contributed by atoms with Crippen molar-refractivity contribution < 1.29 is 14.3 Å². The molecule has 0 aliphatic carbocycles. The molecule has 0 fully saturated rings. The highest BCUT2D eigenvalue weighted by molar-refractivity contribution is 8.00. The monoisotopic (exact) mass is 189 g/mol. The van der Waals surface area contributed by atoms with Gasteiger partial charge in [-0.2, -0.15) is 0 Å². The molecule has 0 atom stereocenters. The smallest absolute Gasteiger partial charge is 0.316 e. The number of esters is 1. The van der Waals surface area contributed by atoms with E-state index in [1.807, 2.05) is 0 Å². The summed E-state index contributed by atoms with van der Waals surface area (Å²) in [6.07, 6.45) is 1.69. The molecule has 0 bridgehead atoms. The van der Waals surface area contributed by atoms with Crippen LogP contribution in [0.5, 0.6) is 0 Å². The molecule has 0 rings (SSSR count). The van der Waals surface area contributed by atoms with E-state index in [-0.39, 0.29) is 17.5 Å². The zero-order valence-corrected chi connectivity index (χ0v) is 8.36. The molecule has 3 nitrogen and oxygen atoms in total. The van der Waals surface area contributed by atoms with E-state index in [1.165, 1.54) is 11.8 Å². The SMILES string of the molecule is CC(C)(C)OC(=O)CSC[C]=O. The lowest BCUT2D eigenvalue weighted by molar-refractivity contribution is -0.151. The molecular weight excluding hydrogens is 176 g/mol. The largest absolute Gasteiger partial charge is 0.459 e. The minimum Gasteiger partial charge on any atom is -0.459 e. The number of carbonyl (C=O) groups excluding carboxylic acids is 2. The van der Waals surface area contributed by atoms with Gasteiger partial charge in [0.1, 0.15) is 5.60 Å². The summed E-state index contributed by atoms with van der Waals surface area (Å²) in [6.45, 7) is 5.42. The number of hydrogen-bond acceptors (Lipinski definition) is 4. The molecule has 0 amide bonds. The maximum absolute atomic E-state index is 11.0. The molecule has 0 aliphatic rings. The minimum atomic E-state index is -0.442. The van der Waals surface area contributed by atoms with Crippen LogP contribution in [0, 0.1) is 0 Å². The van der Waals surface area contributed by atoms with Crippen LogP contribution < -0.4 is 0 Å². The first kappa shape index (κ1) is 11.5. The maximum atomic E-state index is 11.0. The highest BCUT2D eigenvalue weighted by Crippen LogP contribution is 2.09. The van der Waals surface area contributed by atoms with Crippen LogP contribution >= 0.6 is 11.8 Å². The zero-order chi connectivity index (χ0) is 9.61.